The van der Waals surface area contributed by atoms with E-state index < -0.39 is 0 Å². The Morgan fingerprint density at radius 1 is 1.10 bits per heavy atom. The van der Waals surface area contributed by atoms with Crippen LogP contribution in [0.3, 0.4) is 0 Å². The molecule has 20 heavy (non-hydrogen) atoms. The molecule has 2 fully saturated rings. The van der Waals surface area contributed by atoms with E-state index in [1.165, 1.54) is 24.0 Å². The van der Waals surface area contributed by atoms with Crippen LogP contribution in [0.1, 0.15) is 30.4 Å². The van der Waals surface area contributed by atoms with E-state index in [1.807, 2.05) is 0 Å². The third-order valence-electron chi connectivity index (χ3n) is 4.09. The van der Waals surface area contributed by atoms with Crippen molar-refractivity contribution in [3.63, 3.8) is 0 Å². The van der Waals surface area contributed by atoms with Gasteiger partial charge < -0.3 is 14.8 Å². The maximum absolute atomic E-state index is 5.77. The topological polar surface area (TPSA) is 30.5 Å². The lowest BCUT2D eigenvalue weighted by molar-refractivity contribution is 0.0791. The van der Waals surface area contributed by atoms with Crippen molar-refractivity contribution in [1.82, 2.24) is 5.32 Å². The van der Waals surface area contributed by atoms with Crippen LogP contribution in [0, 0.1) is 5.92 Å². The smallest absolute Gasteiger partial charge is 0.0717 e. The summed E-state index contributed by atoms with van der Waals surface area (Å²) in [4.78, 5) is 0. The number of rotatable bonds is 8. The Labute approximate surface area is 121 Å². The second-order valence-electron chi connectivity index (χ2n) is 6.04. The highest BCUT2D eigenvalue weighted by Gasteiger charge is 2.19. The molecule has 1 heterocycles. The van der Waals surface area contributed by atoms with Gasteiger partial charge in [0.2, 0.25) is 0 Å². The summed E-state index contributed by atoms with van der Waals surface area (Å²) in [5, 5.41) is 3.55. The van der Waals surface area contributed by atoms with E-state index in [-0.39, 0.29) is 0 Å². The summed E-state index contributed by atoms with van der Waals surface area (Å²) in [6.45, 7) is 4.41. The summed E-state index contributed by atoms with van der Waals surface area (Å²) in [5.74, 6) is 0.600. The minimum absolute atomic E-state index is 0.600. The predicted molar refractivity (Wildman–Crippen MR) is 79.8 cm³/mol. The zero-order valence-electron chi connectivity index (χ0n) is 12.1. The van der Waals surface area contributed by atoms with Crippen molar-refractivity contribution >= 4 is 0 Å². The van der Waals surface area contributed by atoms with Crippen LogP contribution in [-0.4, -0.2) is 32.4 Å². The Kier molecular flexibility index (Phi) is 5.06. The van der Waals surface area contributed by atoms with Gasteiger partial charge in [-0.2, -0.15) is 0 Å². The minimum Gasteiger partial charge on any atom is -0.381 e. The van der Waals surface area contributed by atoms with Crippen molar-refractivity contribution in [1.29, 1.82) is 0 Å². The second-order valence-corrected chi connectivity index (χ2v) is 6.04. The number of ether oxygens (including phenoxy) is 2. The van der Waals surface area contributed by atoms with Crippen LogP contribution in [0.2, 0.25) is 0 Å². The molecule has 0 aromatic heterocycles. The largest absolute Gasteiger partial charge is 0.381 e. The third kappa shape index (κ3) is 4.58. The van der Waals surface area contributed by atoms with Gasteiger partial charge in [-0.3, -0.25) is 0 Å². The highest BCUT2D eigenvalue weighted by molar-refractivity contribution is 5.22. The predicted octanol–water partition coefficient (Wildman–Crippen LogP) is 2.53. The van der Waals surface area contributed by atoms with Crippen molar-refractivity contribution < 1.29 is 9.47 Å². The molecule has 1 aromatic rings. The molecule has 3 heteroatoms. The summed E-state index contributed by atoms with van der Waals surface area (Å²) in [7, 11) is 0. The molecule has 0 spiro atoms. The first-order valence-electron chi connectivity index (χ1n) is 7.87. The first-order valence-corrected chi connectivity index (χ1v) is 7.87. The van der Waals surface area contributed by atoms with Gasteiger partial charge in [-0.15, -0.1) is 0 Å². The molecule has 1 atom stereocenters. The third-order valence-corrected chi connectivity index (χ3v) is 4.09. The summed E-state index contributed by atoms with van der Waals surface area (Å²) in [6, 6.07) is 9.65. The van der Waals surface area contributed by atoms with Crippen LogP contribution in [0.15, 0.2) is 24.3 Å². The number of benzene rings is 1. The van der Waals surface area contributed by atoms with Crippen molar-refractivity contribution in [2.45, 2.75) is 38.3 Å². The molecule has 1 saturated heterocycles. The molecule has 1 aliphatic carbocycles. The minimum atomic E-state index is 0.600. The van der Waals surface area contributed by atoms with Gasteiger partial charge in [0.25, 0.3) is 0 Å². The second kappa shape index (κ2) is 7.21. The normalized spacial score (nSPS) is 22.3. The Morgan fingerprint density at radius 2 is 1.90 bits per heavy atom. The summed E-state index contributed by atoms with van der Waals surface area (Å²) in [6.07, 6.45) is 4.99. The van der Waals surface area contributed by atoms with E-state index in [2.05, 4.69) is 29.6 Å². The molecular formula is C17H25NO2. The number of nitrogens with one attached hydrogen (secondary N) is 1. The molecule has 2 aliphatic rings. The van der Waals surface area contributed by atoms with E-state index >= 15 is 0 Å². The Hall–Kier alpha value is -0.900. The Balaban J connectivity index is 1.34. The molecule has 1 unspecified atom stereocenters. The molecule has 1 saturated carbocycles. The Morgan fingerprint density at radius 3 is 2.60 bits per heavy atom. The molecule has 0 amide bonds. The van der Waals surface area contributed by atoms with Crippen LogP contribution in [0.5, 0.6) is 0 Å². The van der Waals surface area contributed by atoms with Gasteiger partial charge in [-0.1, -0.05) is 24.3 Å². The molecule has 3 nitrogen and oxygen atoms in total. The van der Waals surface area contributed by atoms with Crippen molar-refractivity contribution in [3.8, 4) is 0 Å². The molecule has 0 radical (unpaired) electrons. The molecular weight excluding hydrogens is 250 g/mol. The summed E-state index contributed by atoms with van der Waals surface area (Å²) in [5.41, 5.74) is 2.67. The van der Waals surface area contributed by atoms with Crippen molar-refractivity contribution in [2.75, 3.05) is 26.4 Å². The quantitative estimate of drug-likeness (QED) is 0.791. The first-order chi connectivity index (χ1) is 9.90. The van der Waals surface area contributed by atoms with Gasteiger partial charge in [0.15, 0.2) is 0 Å². The molecule has 3 rings (SSSR count). The molecule has 0 bridgehead atoms. The Bertz CT molecular complexity index is 394. The van der Waals surface area contributed by atoms with Crippen LogP contribution in [0.4, 0.5) is 0 Å². The average molecular weight is 275 g/mol. The number of hydrogen-bond donors (Lipinski definition) is 1. The van der Waals surface area contributed by atoms with Crippen LogP contribution >= 0.6 is 0 Å². The van der Waals surface area contributed by atoms with Crippen molar-refractivity contribution in [3.05, 3.63) is 35.4 Å². The fourth-order valence-electron chi connectivity index (χ4n) is 2.57. The van der Waals surface area contributed by atoms with E-state index in [1.54, 1.807) is 0 Å². The molecule has 110 valence electrons. The SMILES string of the molecule is c1cc(COCC2CCOC2)ccc1CCNC1CC1. The van der Waals surface area contributed by atoms with E-state index in [9.17, 15) is 0 Å². The summed E-state index contributed by atoms with van der Waals surface area (Å²) < 4.78 is 11.1. The average Bonchev–Trinajstić information content (AvgIpc) is 3.15. The van der Waals surface area contributed by atoms with Gasteiger partial charge in [-0.25, -0.2) is 0 Å². The lowest BCUT2D eigenvalue weighted by Crippen LogP contribution is -2.19. The van der Waals surface area contributed by atoms with Crippen LogP contribution in [-0.2, 0) is 22.5 Å². The maximum Gasteiger partial charge on any atom is 0.0717 e. The van der Waals surface area contributed by atoms with Gasteiger partial charge >= 0.3 is 0 Å². The van der Waals surface area contributed by atoms with Crippen LogP contribution in [0.25, 0.3) is 0 Å². The van der Waals surface area contributed by atoms with Gasteiger partial charge in [0.05, 0.1) is 19.8 Å². The van der Waals surface area contributed by atoms with E-state index in [0.717, 1.165) is 51.9 Å². The fourth-order valence-corrected chi connectivity index (χ4v) is 2.57. The lowest BCUT2D eigenvalue weighted by atomic mass is 10.1. The molecule has 1 aromatic carbocycles. The van der Waals surface area contributed by atoms with E-state index in [0.29, 0.717) is 5.92 Å². The van der Waals surface area contributed by atoms with Crippen LogP contribution < -0.4 is 5.32 Å². The summed E-state index contributed by atoms with van der Waals surface area (Å²) >= 11 is 0. The highest BCUT2D eigenvalue weighted by Crippen LogP contribution is 2.18. The first kappa shape index (κ1) is 14.1. The van der Waals surface area contributed by atoms with Gasteiger partial charge in [-0.05, 0) is 43.4 Å². The molecule has 1 N–H and O–H groups in total. The lowest BCUT2D eigenvalue weighted by Gasteiger charge is -2.09. The van der Waals surface area contributed by atoms with Crippen molar-refractivity contribution in [2.24, 2.45) is 5.92 Å². The maximum atomic E-state index is 5.77. The monoisotopic (exact) mass is 275 g/mol. The molecule has 1 aliphatic heterocycles. The number of hydrogen-bond acceptors (Lipinski definition) is 3. The zero-order chi connectivity index (χ0) is 13.6. The van der Waals surface area contributed by atoms with Gasteiger partial charge in [0.1, 0.15) is 0 Å². The standard InChI is InChI=1S/C17H25NO2/c1-3-15(11-20-13-16-8-10-19-12-16)4-2-14(1)7-9-18-17-5-6-17/h1-4,16-18H,5-13H2. The zero-order valence-corrected chi connectivity index (χ0v) is 12.1. The van der Waals surface area contributed by atoms with Gasteiger partial charge in [0, 0.05) is 18.6 Å². The van der Waals surface area contributed by atoms with E-state index in [4.69, 9.17) is 9.47 Å². The highest BCUT2D eigenvalue weighted by atomic mass is 16.5. The fraction of sp³-hybridized carbons (Fsp3) is 0.647.